The van der Waals surface area contributed by atoms with Crippen molar-refractivity contribution < 1.29 is 9.59 Å². The van der Waals surface area contributed by atoms with Crippen LogP contribution in [0.25, 0.3) is 0 Å². The minimum Gasteiger partial charge on any atom is -0.415 e. The van der Waals surface area contributed by atoms with Gasteiger partial charge in [0.1, 0.15) is 0 Å². The molecule has 2 nitrogen and oxygen atoms in total. The number of hydrogen-bond acceptors (Lipinski definition) is 2. The zero-order chi connectivity index (χ0) is 4.71. The molecule has 0 amide bonds. The Labute approximate surface area is 37.3 Å². The first kappa shape index (κ1) is 9.02. The zero-order valence-electron chi connectivity index (χ0n) is 3.60. The fourth-order valence-electron chi connectivity index (χ4n) is 0. The van der Waals surface area contributed by atoms with Gasteiger partial charge < -0.3 is 9.59 Å². The molecule has 5 heavy (non-hydrogen) atoms. The van der Waals surface area contributed by atoms with Gasteiger partial charge in [-0.25, -0.2) is 0 Å². The molecule has 0 aromatic carbocycles. The van der Waals surface area contributed by atoms with Gasteiger partial charge in [-0.15, -0.1) is 0 Å². The van der Waals surface area contributed by atoms with E-state index >= 15 is 0 Å². The highest BCUT2D eigenvalue weighted by Crippen LogP contribution is 1.08. The van der Waals surface area contributed by atoms with E-state index in [1.807, 2.05) is 0 Å². The molecule has 0 aliphatic heterocycles. The molecular formula is CH10O2Si2. The molecule has 0 radical (unpaired) electrons. The molecule has 4 heteroatoms. The average Bonchev–Trinajstić information content (AvgIpc) is 1.46. The highest BCUT2D eigenvalue weighted by atomic mass is 28.2. The van der Waals surface area contributed by atoms with E-state index in [4.69, 9.17) is 9.59 Å². The molecule has 0 aliphatic rings. The second-order valence-corrected chi connectivity index (χ2v) is 0.424. The molecule has 34 valence electrons. The summed E-state index contributed by atoms with van der Waals surface area (Å²) in [7, 11) is -0.278. The van der Waals surface area contributed by atoms with Crippen LogP contribution in [0.4, 0.5) is 0 Å². The third kappa shape index (κ3) is 193. The third-order valence-electron chi connectivity index (χ3n) is 0. The zero-order valence-corrected chi connectivity index (χ0v) is 7.02. The molecule has 0 aliphatic carbocycles. The van der Waals surface area contributed by atoms with Gasteiger partial charge in [0, 0.05) is 0 Å². The van der Waals surface area contributed by atoms with Crippen LogP contribution in [0.5, 0.6) is 0 Å². The molecule has 0 spiro atoms. The first-order chi connectivity index (χ1) is 2.41. The van der Waals surface area contributed by atoms with Crippen molar-refractivity contribution in [3.63, 3.8) is 0 Å². The maximum atomic E-state index is 7.26. The Morgan fingerprint density at radius 2 is 1.40 bits per heavy atom. The van der Waals surface area contributed by atoms with E-state index in [-0.39, 0.29) is 0 Å². The van der Waals surface area contributed by atoms with Crippen LogP contribution in [0.1, 0.15) is 0 Å². The monoisotopic (exact) mass is 110 g/mol. The van der Waals surface area contributed by atoms with Crippen molar-refractivity contribution in [1.82, 2.24) is 0 Å². The van der Waals surface area contributed by atoms with Crippen LogP contribution in [0, 0.1) is 0 Å². The van der Waals surface area contributed by atoms with E-state index in [1.54, 1.807) is 0 Å². The van der Waals surface area contributed by atoms with Gasteiger partial charge in [-0.2, -0.15) is 0 Å². The first-order valence-corrected chi connectivity index (χ1v) is 4.90. The van der Waals surface area contributed by atoms with Crippen LogP contribution in [0.2, 0.25) is 6.55 Å². The van der Waals surface area contributed by atoms with E-state index < -0.39 is 10.0 Å². The van der Waals surface area contributed by atoms with Crippen molar-refractivity contribution in [1.29, 1.82) is 0 Å². The van der Waals surface area contributed by atoms with Crippen LogP contribution >= 0.6 is 0 Å². The Bertz CT molecular complexity index is 7.61. The van der Waals surface area contributed by atoms with E-state index in [2.05, 4.69) is 6.55 Å². The molecule has 0 heterocycles. The lowest BCUT2D eigenvalue weighted by atomic mass is 11.9. The predicted octanol–water partition coefficient (Wildman–Crippen LogP) is -2.63. The molecule has 0 saturated carbocycles. The summed E-state index contributed by atoms with van der Waals surface area (Å²) < 4.78 is 0. The van der Waals surface area contributed by atoms with Crippen molar-refractivity contribution in [2.45, 2.75) is 6.55 Å². The van der Waals surface area contributed by atoms with Gasteiger partial charge in [0.05, 0.1) is 0 Å². The van der Waals surface area contributed by atoms with Crippen LogP contribution < -0.4 is 0 Å². The van der Waals surface area contributed by atoms with Gasteiger partial charge in [-0.3, -0.25) is 0 Å². The van der Waals surface area contributed by atoms with Crippen molar-refractivity contribution in [3.05, 3.63) is 0 Å². The Morgan fingerprint density at radius 1 is 1.40 bits per heavy atom. The lowest BCUT2D eigenvalue weighted by Gasteiger charge is -1.52. The minimum absolute atomic E-state index is 1.31. The molecule has 0 fully saturated rings. The van der Waals surface area contributed by atoms with Gasteiger partial charge in [0.15, 0.2) is 0 Å². The molecule has 0 rings (SSSR count). The maximum Gasteiger partial charge on any atom is 0.299 e. The highest BCUT2D eigenvalue weighted by Gasteiger charge is 1.40. The number of rotatable bonds is 0. The van der Waals surface area contributed by atoms with Crippen molar-refractivity contribution in [2.24, 2.45) is 0 Å². The maximum absolute atomic E-state index is 7.26. The van der Waals surface area contributed by atoms with Crippen LogP contribution in [0.3, 0.4) is 0 Å². The summed E-state index contributed by atoms with van der Waals surface area (Å²) in [6.07, 6.45) is 0. The standard InChI is InChI=1S/CH6Si.H4O2Si/c1-2;1-3-2/h1-2H3;1-2H,3H2. The molecule has 0 aromatic heterocycles. The van der Waals surface area contributed by atoms with Crippen LogP contribution in [0.15, 0.2) is 0 Å². The summed E-state index contributed by atoms with van der Waals surface area (Å²) in [4.78, 5) is 14.5. The lowest BCUT2D eigenvalue weighted by Crippen LogP contribution is -1.75. The summed E-state index contributed by atoms with van der Waals surface area (Å²) in [6.45, 7) is 2.14. The summed E-state index contributed by atoms with van der Waals surface area (Å²) in [5.74, 6) is 0. The summed E-state index contributed by atoms with van der Waals surface area (Å²) >= 11 is 0. The van der Waals surface area contributed by atoms with Gasteiger partial charge in [-0.1, -0.05) is 6.55 Å². The summed E-state index contributed by atoms with van der Waals surface area (Å²) in [6, 6.07) is 0. The molecule has 2 N–H and O–H groups in total. The van der Waals surface area contributed by atoms with E-state index in [0.29, 0.717) is 0 Å². The molecule has 0 aromatic rings. The summed E-state index contributed by atoms with van der Waals surface area (Å²) in [5.41, 5.74) is 0. The minimum atomic E-state index is -1.58. The Hall–Kier alpha value is 0.354. The van der Waals surface area contributed by atoms with Crippen LogP contribution in [-0.4, -0.2) is 29.8 Å². The van der Waals surface area contributed by atoms with Gasteiger partial charge in [-0.05, 0) is 10.2 Å². The van der Waals surface area contributed by atoms with Crippen LogP contribution in [-0.2, 0) is 0 Å². The van der Waals surface area contributed by atoms with Gasteiger partial charge >= 0.3 is 0 Å². The Kier molecular flexibility index (Phi) is 48.2. The highest BCUT2D eigenvalue weighted by molar-refractivity contribution is 6.13. The molecule has 0 saturated heterocycles. The van der Waals surface area contributed by atoms with Crippen molar-refractivity contribution >= 4 is 20.2 Å². The normalized spacial score (nSPS) is 5.40. The molecule has 0 bridgehead atoms. The topological polar surface area (TPSA) is 40.5 Å². The molecule has 0 atom stereocenters. The van der Waals surface area contributed by atoms with Gasteiger partial charge in [0.25, 0.3) is 10.0 Å². The number of hydrogen-bond donors (Lipinski definition) is 2. The largest absolute Gasteiger partial charge is 0.415 e. The quantitative estimate of drug-likeness (QED) is 0.335. The average molecular weight is 110 g/mol. The van der Waals surface area contributed by atoms with Gasteiger partial charge in [0.2, 0.25) is 0 Å². The Balaban J connectivity index is 0. The SMILES string of the molecule is C[SiH3].O[SiH2]O. The molecular weight excluding hydrogens is 100 g/mol. The fraction of sp³-hybridized carbons (Fsp3) is 1.00. The molecule has 0 unspecified atom stereocenters. The van der Waals surface area contributed by atoms with E-state index in [0.717, 1.165) is 0 Å². The van der Waals surface area contributed by atoms with E-state index in [1.165, 1.54) is 10.2 Å². The smallest absolute Gasteiger partial charge is 0.299 e. The predicted molar refractivity (Wildman–Crippen MR) is 28.8 cm³/mol. The fourth-order valence-corrected chi connectivity index (χ4v) is 0. The van der Waals surface area contributed by atoms with Crippen molar-refractivity contribution in [2.75, 3.05) is 0 Å². The third-order valence-corrected chi connectivity index (χ3v) is 0. The first-order valence-electron chi connectivity index (χ1n) is 1.63. The Morgan fingerprint density at radius 3 is 1.40 bits per heavy atom. The second kappa shape index (κ2) is 26.7. The lowest BCUT2D eigenvalue weighted by molar-refractivity contribution is 0.448. The van der Waals surface area contributed by atoms with Crippen molar-refractivity contribution in [3.8, 4) is 0 Å². The summed E-state index contributed by atoms with van der Waals surface area (Å²) in [5, 5.41) is 0. The second-order valence-electron chi connectivity index (χ2n) is 0.141. The van der Waals surface area contributed by atoms with E-state index in [9.17, 15) is 0 Å².